The van der Waals surface area contributed by atoms with Crippen LogP contribution in [0.25, 0.3) is 6.08 Å². The molecular formula is C20H20ClNOS. The highest BCUT2D eigenvalue weighted by molar-refractivity contribution is 7.99. The Balaban J connectivity index is 1.59. The fraction of sp³-hybridized carbons (Fsp3) is 0.250. The van der Waals surface area contributed by atoms with Crippen LogP contribution in [0.4, 0.5) is 0 Å². The molecular weight excluding hydrogens is 338 g/mol. The SMILES string of the molecule is O=C(C=Cc1ccc(Cl)cc1)N1CCSC(c2ccccc2)CC1. The van der Waals surface area contributed by atoms with E-state index in [4.69, 9.17) is 11.6 Å². The minimum absolute atomic E-state index is 0.0826. The average Bonchev–Trinajstić information content (AvgIpc) is 2.88. The van der Waals surface area contributed by atoms with Gasteiger partial charge in [-0.2, -0.15) is 11.8 Å². The first-order valence-electron chi connectivity index (χ1n) is 8.11. The highest BCUT2D eigenvalue weighted by Gasteiger charge is 2.20. The molecule has 1 aliphatic rings. The molecule has 1 unspecified atom stereocenters. The van der Waals surface area contributed by atoms with Crippen LogP contribution in [0.1, 0.15) is 22.8 Å². The summed E-state index contributed by atoms with van der Waals surface area (Å²) >= 11 is 7.82. The molecule has 1 fully saturated rings. The lowest BCUT2D eigenvalue weighted by atomic mass is 10.1. The summed E-state index contributed by atoms with van der Waals surface area (Å²) in [5.41, 5.74) is 2.34. The second-order valence-electron chi connectivity index (χ2n) is 5.77. The second-order valence-corrected chi connectivity index (χ2v) is 7.52. The zero-order valence-corrected chi connectivity index (χ0v) is 15.0. The lowest BCUT2D eigenvalue weighted by molar-refractivity contribution is -0.125. The third kappa shape index (κ3) is 4.65. The number of thioether (sulfide) groups is 1. The van der Waals surface area contributed by atoms with Crippen molar-refractivity contribution < 1.29 is 4.79 Å². The maximum atomic E-state index is 12.4. The van der Waals surface area contributed by atoms with Crippen LogP contribution in [0, 0.1) is 0 Å². The van der Waals surface area contributed by atoms with Crippen molar-refractivity contribution in [2.75, 3.05) is 18.8 Å². The summed E-state index contributed by atoms with van der Waals surface area (Å²) in [6, 6.07) is 18.0. The second kappa shape index (κ2) is 8.41. The van der Waals surface area contributed by atoms with E-state index in [1.807, 2.05) is 53.1 Å². The van der Waals surface area contributed by atoms with E-state index in [1.54, 1.807) is 6.08 Å². The Hall–Kier alpha value is -1.71. The van der Waals surface area contributed by atoms with Gasteiger partial charge in [0, 0.05) is 35.2 Å². The van der Waals surface area contributed by atoms with Gasteiger partial charge in [0.25, 0.3) is 0 Å². The topological polar surface area (TPSA) is 20.3 Å². The molecule has 0 spiro atoms. The number of carbonyl (C=O) groups is 1. The average molecular weight is 358 g/mol. The van der Waals surface area contributed by atoms with Crippen LogP contribution < -0.4 is 0 Å². The van der Waals surface area contributed by atoms with Gasteiger partial charge >= 0.3 is 0 Å². The van der Waals surface area contributed by atoms with Gasteiger partial charge in [0.05, 0.1) is 0 Å². The Bertz CT molecular complexity index is 699. The fourth-order valence-corrected chi connectivity index (χ4v) is 4.13. The molecule has 4 heteroatoms. The number of rotatable bonds is 3. The monoisotopic (exact) mass is 357 g/mol. The molecule has 1 atom stereocenters. The molecule has 124 valence electrons. The number of carbonyl (C=O) groups excluding carboxylic acids is 1. The van der Waals surface area contributed by atoms with Crippen LogP contribution in [0.15, 0.2) is 60.7 Å². The van der Waals surface area contributed by atoms with Crippen LogP contribution in [0.2, 0.25) is 5.02 Å². The van der Waals surface area contributed by atoms with Gasteiger partial charge in [-0.05, 0) is 35.8 Å². The highest BCUT2D eigenvalue weighted by atomic mass is 35.5. The Morgan fingerprint density at radius 1 is 1.08 bits per heavy atom. The molecule has 0 N–H and O–H groups in total. The zero-order chi connectivity index (χ0) is 16.8. The van der Waals surface area contributed by atoms with Gasteiger partial charge in [-0.25, -0.2) is 0 Å². The largest absolute Gasteiger partial charge is 0.338 e. The summed E-state index contributed by atoms with van der Waals surface area (Å²) in [5, 5.41) is 1.18. The van der Waals surface area contributed by atoms with E-state index in [-0.39, 0.29) is 5.91 Å². The number of hydrogen-bond donors (Lipinski definition) is 0. The summed E-state index contributed by atoms with van der Waals surface area (Å²) in [7, 11) is 0. The van der Waals surface area contributed by atoms with Crippen molar-refractivity contribution in [3.8, 4) is 0 Å². The van der Waals surface area contributed by atoms with Crippen molar-refractivity contribution >= 4 is 35.3 Å². The van der Waals surface area contributed by atoms with Crippen LogP contribution in [0.5, 0.6) is 0 Å². The maximum absolute atomic E-state index is 12.4. The Labute approximate surface area is 152 Å². The Morgan fingerprint density at radius 3 is 2.58 bits per heavy atom. The van der Waals surface area contributed by atoms with Gasteiger partial charge in [-0.3, -0.25) is 4.79 Å². The standard InChI is InChI=1S/C20H20ClNOS/c21-18-9-6-16(7-10-18)8-11-20(23)22-13-12-19(24-15-14-22)17-4-2-1-3-5-17/h1-11,19H,12-15H2. The van der Waals surface area contributed by atoms with Gasteiger partial charge in [0.1, 0.15) is 0 Å². The molecule has 1 aliphatic heterocycles. The van der Waals surface area contributed by atoms with E-state index >= 15 is 0 Å². The van der Waals surface area contributed by atoms with Gasteiger partial charge < -0.3 is 4.90 Å². The molecule has 2 aromatic carbocycles. The lowest BCUT2D eigenvalue weighted by Crippen LogP contribution is -2.31. The number of nitrogens with zero attached hydrogens (tertiary/aromatic N) is 1. The summed E-state index contributed by atoms with van der Waals surface area (Å²) in [6.07, 6.45) is 4.51. The van der Waals surface area contributed by atoms with Gasteiger partial charge in [-0.1, -0.05) is 54.1 Å². The predicted octanol–water partition coefficient (Wildman–Crippen LogP) is 5.06. The maximum Gasteiger partial charge on any atom is 0.246 e. The minimum atomic E-state index is 0.0826. The van der Waals surface area contributed by atoms with Crippen molar-refractivity contribution in [1.29, 1.82) is 0 Å². The Kier molecular flexibility index (Phi) is 6.00. The van der Waals surface area contributed by atoms with Crippen LogP contribution in [-0.2, 0) is 4.79 Å². The summed E-state index contributed by atoms with van der Waals surface area (Å²) in [5.74, 6) is 1.05. The van der Waals surface area contributed by atoms with Gasteiger partial charge in [-0.15, -0.1) is 0 Å². The van der Waals surface area contributed by atoms with Gasteiger partial charge in [0.2, 0.25) is 5.91 Å². The first kappa shape index (κ1) is 17.1. The fourth-order valence-electron chi connectivity index (χ4n) is 2.77. The number of halogens is 1. The smallest absolute Gasteiger partial charge is 0.246 e. The normalized spacial score (nSPS) is 18.5. The molecule has 3 rings (SSSR count). The molecule has 1 saturated heterocycles. The molecule has 0 bridgehead atoms. The van der Waals surface area contributed by atoms with Crippen molar-refractivity contribution in [1.82, 2.24) is 4.90 Å². The third-order valence-electron chi connectivity index (χ3n) is 4.11. The van der Waals surface area contributed by atoms with E-state index in [0.717, 1.165) is 30.8 Å². The molecule has 0 aromatic heterocycles. The van der Waals surface area contributed by atoms with E-state index in [0.29, 0.717) is 10.3 Å². The van der Waals surface area contributed by atoms with E-state index < -0.39 is 0 Å². The minimum Gasteiger partial charge on any atom is -0.338 e. The number of benzene rings is 2. The highest BCUT2D eigenvalue weighted by Crippen LogP contribution is 2.34. The van der Waals surface area contributed by atoms with Crippen molar-refractivity contribution in [2.45, 2.75) is 11.7 Å². The molecule has 0 saturated carbocycles. The molecule has 0 radical (unpaired) electrons. The molecule has 24 heavy (non-hydrogen) atoms. The quantitative estimate of drug-likeness (QED) is 0.715. The first-order valence-corrected chi connectivity index (χ1v) is 9.54. The molecule has 2 aromatic rings. The number of hydrogen-bond acceptors (Lipinski definition) is 2. The number of amides is 1. The molecule has 1 amide bonds. The summed E-state index contributed by atoms with van der Waals surface area (Å²) < 4.78 is 0. The van der Waals surface area contributed by atoms with E-state index in [1.165, 1.54) is 5.56 Å². The van der Waals surface area contributed by atoms with Gasteiger partial charge in [0.15, 0.2) is 0 Å². The van der Waals surface area contributed by atoms with Crippen LogP contribution in [-0.4, -0.2) is 29.6 Å². The molecule has 2 nitrogen and oxygen atoms in total. The van der Waals surface area contributed by atoms with Crippen LogP contribution in [0.3, 0.4) is 0 Å². The first-order chi connectivity index (χ1) is 11.7. The zero-order valence-electron chi connectivity index (χ0n) is 13.4. The summed E-state index contributed by atoms with van der Waals surface area (Å²) in [4.78, 5) is 14.4. The summed E-state index contributed by atoms with van der Waals surface area (Å²) in [6.45, 7) is 1.61. The third-order valence-corrected chi connectivity index (χ3v) is 5.69. The van der Waals surface area contributed by atoms with Crippen molar-refractivity contribution in [3.63, 3.8) is 0 Å². The molecule has 0 aliphatic carbocycles. The lowest BCUT2D eigenvalue weighted by Gasteiger charge is -2.18. The van der Waals surface area contributed by atoms with Crippen LogP contribution >= 0.6 is 23.4 Å². The van der Waals surface area contributed by atoms with E-state index in [9.17, 15) is 4.79 Å². The predicted molar refractivity (Wildman–Crippen MR) is 103 cm³/mol. The van der Waals surface area contributed by atoms with Crippen molar-refractivity contribution in [2.24, 2.45) is 0 Å². The Morgan fingerprint density at radius 2 is 1.83 bits per heavy atom. The molecule has 1 heterocycles. The van der Waals surface area contributed by atoms with Crippen molar-refractivity contribution in [3.05, 3.63) is 76.8 Å². The van der Waals surface area contributed by atoms with E-state index in [2.05, 4.69) is 24.3 Å².